The van der Waals surface area contributed by atoms with Crippen LogP contribution in [0.4, 0.5) is 22.9 Å². The average molecular weight is 516 g/mol. The van der Waals surface area contributed by atoms with Gasteiger partial charge in [-0.15, -0.1) is 0 Å². The third kappa shape index (κ3) is 6.27. The van der Waals surface area contributed by atoms with Gasteiger partial charge in [-0.25, -0.2) is 4.98 Å². The van der Waals surface area contributed by atoms with Gasteiger partial charge in [-0.1, -0.05) is 25.6 Å². The van der Waals surface area contributed by atoms with Crippen LogP contribution in [0.2, 0.25) is 0 Å². The van der Waals surface area contributed by atoms with Crippen LogP contribution in [0.15, 0.2) is 55.1 Å². The van der Waals surface area contributed by atoms with E-state index in [2.05, 4.69) is 51.0 Å². The van der Waals surface area contributed by atoms with Crippen LogP contribution in [0.3, 0.4) is 0 Å². The normalized spacial score (nSPS) is 13.6. The minimum atomic E-state index is -0.693. The van der Waals surface area contributed by atoms with Gasteiger partial charge in [0.2, 0.25) is 11.8 Å². The van der Waals surface area contributed by atoms with Crippen molar-refractivity contribution in [2.45, 2.75) is 20.3 Å². The Morgan fingerprint density at radius 3 is 2.55 bits per heavy atom. The van der Waals surface area contributed by atoms with Gasteiger partial charge in [-0.2, -0.15) is 4.98 Å². The molecule has 4 N–H and O–H groups in total. The molecule has 0 atom stereocenters. The number of rotatable bonds is 9. The van der Waals surface area contributed by atoms with E-state index in [1.54, 1.807) is 24.3 Å². The Hall–Kier alpha value is -4.44. The zero-order valence-electron chi connectivity index (χ0n) is 22.0. The fourth-order valence-corrected chi connectivity index (χ4v) is 4.18. The fraction of sp³-hybridized carbons (Fsp3) is 0.286. The molecular formula is C28H33N7O3. The summed E-state index contributed by atoms with van der Waals surface area (Å²) in [6.07, 6.45) is 1.66. The molecule has 2 heterocycles. The average Bonchev–Trinajstić information content (AvgIpc) is 2.90. The van der Waals surface area contributed by atoms with Crippen LogP contribution in [0, 0.1) is 6.92 Å². The highest BCUT2D eigenvalue weighted by Crippen LogP contribution is 2.31. The first-order valence-corrected chi connectivity index (χ1v) is 12.5. The molecule has 0 bridgehead atoms. The van der Waals surface area contributed by atoms with Crippen molar-refractivity contribution < 1.29 is 14.3 Å². The van der Waals surface area contributed by atoms with Gasteiger partial charge in [-0.3, -0.25) is 9.59 Å². The lowest BCUT2D eigenvalue weighted by atomic mass is 10.1. The van der Waals surface area contributed by atoms with Crippen molar-refractivity contribution in [2.24, 2.45) is 5.73 Å². The predicted molar refractivity (Wildman–Crippen MR) is 149 cm³/mol. The Bertz CT molecular complexity index is 1350. The lowest BCUT2D eigenvalue weighted by Gasteiger charge is -2.35. The third-order valence-electron chi connectivity index (χ3n) is 6.32. The van der Waals surface area contributed by atoms with Gasteiger partial charge >= 0.3 is 0 Å². The first kappa shape index (κ1) is 26.6. The number of carbonyl (C=O) groups is 2. The Balaban J connectivity index is 1.65. The number of likely N-dealkylation sites (N-methyl/N-ethyl adjacent to an activating group) is 1. The molecule has 3 aromatic rings. The maximum absolute atomic E-state index is 12.3. The van der Waals surface area contributed by atoms with E-state index < -0.39 is 5.91 Å². The van der Waals surface area contributed by atoms with Crippen LogP contribution in [-0.2, 0) is 11.2 Å². The molecule has 0 radical (unpaired) electrons. The van der Waals surface area contributed by atoms with Crippen molar-refractivity contribution >= 4 is 34.7 Å². The third-order valence-corrected chi connectivity index (χ3v) is 6.32. The molecule has 4 rings (SSSR count). The number of aromatic nitrogens is 2. The van der Waals surface area contributed by atoms with E-state index in [0.29, 0.717) is 23.6 Å². The van der Waals surface area contributed by atoms with E-state index in [4.69, 9.17) is 10.5 Å². The minimum absolute atomic E-state index is 0.0305. The lowest BCUT2D eigenvalue weighted by molar-refractivity contribution is -0.111. The number of nitrogens with zero attached hydrogens (tertiary/aromatic N) is 4. The molecule has 198 valence electrons. The zero-order chi connectivity index (χ0) is 27.2. The summed E-state index contributed by atoms with van der Waals surface area (Å²) in [6.45, 7) is 11.3. The number of nitrogens with one attached hydrogen (secondary N) is 2. The van der Waals surface area contributed by atoms with Gasteiger partial charge in [-0.05, 0) is 56.3 Å². The molecule has 0 unspecified atom stereocenters. The van der Waals surface area contributed by atoms with E-state index in [9.17, 15) is 9.59 Å². The number of anilines is 4. The number of aryl methyl sites for hydroxylation is 2. The molecule has 1 aliphatic heterocycles. The highest BCUT2D eigenvalue weighted by atomic mass is 16.5. The number of amides is 2. The highest BCUT2D eigenvalue weighted by molar-refractivity contribution is 5.99. The summed E-state index contributed by atoms with van der Waals surface area (Å²) >= 11 is 0. The second-order valence-corrected chi connectivity index (χ2v) is 9.13. The molecule has 2 aromatic carbocycles. The maximum atomic E-state index is 12.3. The number of ether oxygens (including phenoxy) is 1. The Kier molecular flexibility index (Phi) is 8.22. The largest absolute Gasteiger partial charge is 0.437 e. The molecule has 1 aromatic heterocycles. The van der Waals surface area contributed by atoms with E-state index in [1.807, 2.05) is 25.1 Å². The summed E-state index contributed by atoms with van der Waals surface area (Å²) in [5.41, 5.74) is 9.77. The van der Waals surface area contributed by atoms with Gasteiger partial charge < -0.3 is 30.9 Å². The molecule has 1 fully saturated rings. The summed E-state index contributed by atoms with van der Waals surface area (Å²) in [5.74, 6) is -0.141. The molecule has 1 saturated heterocycles. The molecule has 0 spiro atoms. The molecule has 0 saturated carbocycles. The fourth-order valence-electron chi connectivity index (χ4n) is 4.18. The van der Waals surface area contributed by atoms with Crippen molar-refractivity contribution in [2.75, 3.05) is 48.8 Å². The summed E-state index contributed by atoms with van der Waals surface area (Å²) in [7, 11) is 2.12. The van der Waals surface area contributed by atoms with E-state index in [-0.39, 0.29) is 23.3 Å². The predicted octanol–water partition coefficient (Wildman–Crippen LogP) is 3.86. The zero-order valence-corrected chi connectivity index (χ0v) is 22.0. The van der Waals surface area contributed by atoms with Gasteiger partial charge in [0, 0.05) is 49.3 Å². The monoisotopic (exact) mass is 515 g/mol. The highest BCUT2D eigenvalue weighted by Gasteiger charge is 2.20. The number of nitrogens with two attached hydrogens (primary N) is 1. The number of hydrogen-bond donors (Lipinski definition) is 3. The van der Waals surface area contributed by atoms with Crippen LogP contribution < -0.4 is 26.0 Å². The summed E-state index contributed by atoms with van der Waals surface area (Å²) in [6, 6.07) is 12.9. The van der Waals surface area contributed by atoms with Crippen LogP contribution >= 0.6 is 0 Å². The molecule has 1 aliphatic rings. The molecular weight excluding hydrogens is 482 g/mol. The number of benzene rings is 2. The van der Waals surface area contributed by atoms with Crippen molar-refractivity contribution in [3.8, 4) is 11.6 Å². The Morgan fingerprint density at radius 1 is 1.11 bits per heavy atom. The number of primary amides is 1. The van der Waals surface area contributed by atoms with Gasteiger partial charge in [0.15, 0.2) is 11.5 Å². The number of carbonyl (C=O) groups excluding carboxylic acids is 2. The lowest BCUT2D eigenvalue weighted by Crippen LogP contribution is -2.44. The number of hydrogen-bond acceptors (Lipinski definition) is 8. The van der Waals surface area contributed by atoms with E-state index >= 15 is 0 Å². The van der Waals surface area contributed by atoms with E-state index in [0.717, 1.165) is 43.1 Å². The standard InChI is InChI=1S/C28H33N7O3/c1-5-22-28(38-21-9-7-8-19(16-21)30-24(36)6-2)33-27(25(32-22)26(29)37)31-20-11-10-18(3)23(17-20)35-14-12-34(4)13-15-35/h6-11,16-17H,2,5,12-15H2,1,3-4H3,(H2,29,37)(H,30,36)(H,31,33). The number of piperazine rings is 1. The Morgan fingerprint density at radius 2 is 1.87 bits per heavy atom. The smallest absolute Gasteiger partial charge is 0.271 e. The second-order valence-electron chi connectivity index (χ2n) is 9.13. The molecule has 38 heavy (non-hydrogen) atoms. The first-order valence-electron chi connectivity index (χ1n) is 12.5. The van der Waals surface area contributed by atoms with Crippen LogP contribution in [-0.4, -0.2) is 59.9 Å². The molecule has 2 amide bonds. The van der Waals surface area contributed by atoms with Crippen molar-refractivity contribution in [1.82, 2.24) is 14.9 Å². The quantitative estimate of drug-likeness (QED) is 0.367. The van der Waals surface area contributed by atoms with Gasteiger partial charge in [0.1, 0.15) is 11.4 Å². The molecule has 10 nitrogen and oxygen atoms in total. The van der Waals surface area contributed by atoms with E-state index in [1.165, 1.54) is 6.08 Å². The summed E-state index contributed by atoms with van der Waals surface area (Å²) in [5, 5.41) is 5.93. The maximum Gasteiger partial charge on any atom is 0.271 e. The van der Waals surface area contributed by atoms with Crippen molar-refractivity contribution in [3.63, 3.8) is 0 Å². The topological polar surface area (TPSA) is 126 Å². The SMILES string of the molecule is C=CC(=O)Nc1cccc(Oc2nc(Nc3ccc(C)c(N4CCN(C)CC4)c3)c(C(N)=O)nc2CC)c1. The molecule has 0 aliphatic carbocycles. The molecule has 10 heteroatoms. The summed E-state index contributed by atoms with van der Waals surface area (Å²) < 4.78 is 6.06. The van der Waals surface area contributed by atoms with Gasteiger partial charge in [0.05, 0.1) is 0 Å². The van der Waals surface area contributed by atoms with Crippen molar-refractivity contribution in [3.05, 3.63) is 72.1 Å². The second kappa shape index (κ2) is 11.7. The van der Waals surface area contributed by atoms with Crippen LogP contribution in [0.25, 0.3) is 0 Å². The van der Waals surface area contributed by atoms with Crippen LogP contribution in [0.1, 0.15) is 28.7 Å². The Labute approximate surface area is 222 Å². The first-order chi connectivity index (χ1) is 18.3. The summed E-state index contributed by atoms with van der Waals surface area (Å²) in [4.78, 5) is 37.7. The van der Waals surface area contributed by atoms with Gasteiger partial charge in [0.25, 0.3) is 5.91 Å². The minimum Gasteiger partial charge on any atom is -0.437 e. The van der Waals surface area contributed by atoms with Crippen LogP contribution in [0.5, 0.6) is 11.6 Å². The van der Waals surface area contributed by atoms with Crippen molar-refractivity contribution in [1.29, 1.82) is 0 Å².